The van der Waals surface area contributed by atoms with Gasteiger partial charge in [0.15, 0.2) is 0 Å². The Kier molecular flexibility index (Phi) is 5.92. The molecule has 0 N–H and O–H groups in total. The predicted molar refractivity (Wildman–Crippen MR) is 91.3 cm³/mol. The molecule has 0 aliphatic heterocycles. The Hall–Kier alpha value is -2.41. The van der Waals surface area contributed by atoms with Crippen molar-refractivity contribution >= 4 is 23.4 Å². The highest BCUT2D eigenvalue weighted by Gasteiger charge is 2.19. The molecule has 0 bridgehead atoms. The molecular formula is C17H17FN2O3S. The van der Waals surface area contributed by atoms with Crippen LogP contribution in [0.5, 0.6) is 0 Å². The van der Waals surface area contributed by atoms with Crippen LogP contribution < -0.4 is 0 Å². The highest BCUT2D eigenvalue weighted by Crippen LogP contribution is 2.26. The van der Waals surface area contributed by atoms with Crippen LogP contribution in [-0.4, -0.2) is 28.0 Å². The number of rotatable bonds is 6. The van der Waals surface area contributed by atoms with Gasteiger partial charge in [0.05, 0.1) is 10.2 Å². The van der Waals surface area contributed by atoms with Crippen molar-refractivity contribution in [1.82, 2.24) is 4.90 Å². The lowest BCUT2D eigenvalue weighted by molar-refractivity contribution is -0.384. The van der Waals surface area contributed by atoms with E-state index in [1.807, 2.05) is 0 Å². The SMILES string of the molecule is CC(Sc1ccc([N+](=O)[O-])cc1)C(=O)N(C)Cc1ccc(F)cc1. The topological polar surface area (TPSA) is 63.5 Å². The molecule has 0 aliphatic carbocycles. The monoisotopic (exact) mass is 348 g/mol. The normalized spacial score (nSPS) is 11.8. The number of amides is 1. The minimum atomic E-state index is -0.459. The lowest BCUT2D eigenvalue weighted by Gasteiger charge is -2.21. The van der Waals surface area contributed by atoms with Gasteiger partial charge in [0.25, 0.3) is 5.69 Å². The molecule has 0 spiro atoms. The number of nitrogens with zero attached hydrogens (tertiary/aromatic N) is 2. The zero-order valence-electron chi connectivity index (χ0n) is 13.3. The summed E-state index contributed by atoms with van der Waals surface area (Å²) in [6.07, 6.45) is 0. The van der Waals surface area contributed by atoms with Crippen molar-refractivity contribution in [3.05, 3.63) is 70.0 Å². The van der Waals surface area contributed by atoms with E-state index in [1.54, 1.807) is 43.1 Å². The van der Waals surface area contributed by atoms with Crippen molar-refractivity contribution in [2.75, 3.05) is 7.05 Å². The minimum Gasteiger partial charge on any atom is -0.340 e. The predicted octanol–water partition coefficient (Wildman–Crippen LogP) is 3.87. The zero-order valence-corrected chi connectivity index (χ0v) is 14.1. The van der Waals surface area contributed by atoms with Gasteiger partial charge in [0.1, 0.15) is 5.82 Å². The van der Waals surface area contributed by atoms with Crippen molar-refractivity contribution in [2.45, 2.75) is 23.6 Å². The van der Waals surface area contributed by atoms with Crippen LogP contribution in [0.3, 0.4) is 0 Å². The average molecular weight is 348 g/mol. The van der Waals surface area contributed by atoms with Gasteiger partial charge in [0, 0.05) is 30.6 Å². The summed E-state index contributed by atoms with van der Waals surface area (Å²) in [4.78, 5) is 25.0. The van der Waals surface area contributed by atoms with Gasteiger partial charge < -0.3 is 4.90 Å². The van der Waals surface area contributed by atoms with Crippen LogP contribution in [0.25, 0.3) is 0 Å². The van der Waals surface area contributed by atoms with Gasteiger partial charge in [-0.25, -0.2) is 4.39 Å². The fourth-order valence-corrected chi connectivity index (χ4v) is 3.14. The van der Waals surface area contributed by atoms with E-state index in [1.165, 1.54) is 36.0 Å². The summed E-state index contributed by atoms with van der Waals surface area (Å²) in [6, 6.07) is 12.1. The Morgan fingerprint density at radius 3 is 2.33 bits per heavy atom. The number of nitro benzene ring substituents is 1. The molecular weight excluding hydrogens is 331 g/mol. The number of halogens is 1. The molecule has 0 fully saturated rings. The van der Waals surface area contributed by atoms with E-state index in [4.69, 9.17) is 0 Å². The molecule has 7 heteroatoms. The molecule has 1 amide bonds. The molecule has 126 valence electrons. The first-order valence-corrected chi connectivity index (χ1v) is 8.15. The number of carbonyl (C=O) groups excluding carboxylic acids is 1. The van der Waals surface area contributed by atoms with Gasteiger partial charge in [-0.05, 0) is 36.8 Å². The van der Waals surface area contributed by atoms with Gasteiger partial charge in [0.2, 0.25) is 5.91 Å². The average Bonchev–Trinajstić information content (AvgIpc) is 2.56. The summed E-state index contributed by atoms with van der Waals surface area (Å²) in [5.74, 6) is -0.377. The largest absolute Gasteiger partial charge is 0.340 e. The number of carbonyl (C=O) groups is 1. The molecule has 0 aromatic heterocycles. The lowest BCUT2D eigenvalue weighted by atomic mass is 10.2. The number of thioether (sulfide) groups is 1. The third-order valence-corrected chi connectivity index (χ3v) is 4.52. The molecule has 0 saturated heterocycles. The Morgan fingerprint density at radius 2 is 1.79 bits per heavy atom. The Balaban J connectivity index is 1.95. The first-order valence-electron chi connectivity index (χ1n) is 7.27. The minimum absolute atomic E-state index is 0.0201. The maximum atomic E-state index is 12.9. The summed E-state index contributed by atoms with van der Waals surface area (Å²) in [6.45, 7) is 2.18. The van der Waals surface area contributed by atoms with E-state index in [0.717, 1.165) is 10.5 Å². The van der Waals surface area contributed by atoms with E-state index in [0.29, 0.717) is 6.54 Å². The Labute approximate surface area is 143 Å². The molecule has 0 radical (unpaired) electrons. The van der Waals surface area contributed by atoms with Gasteiger partial charge >= 0.3 is 0 Å². The smallest absolute Gasteiger partial charge is 0.269 e. The second kappa shape index (κ2) is 7.92. The van der Waals surface area contributed by atoms with Gasteiger partial charge in [-0.3, -0.25) is 14.9 Å². The van der Waals surface area contributed by atoms with Crippen molar-refractivity contribution in [3.63, 3.8) is 0 Å². The molecule has 0 saturated carbocycles. The van der Waals surface area contributed by atoms with Gasteiger partial charge in [-0.1, -0.05) is 12.1 Å². The zero-order chi connectivity index (χ0) is 17.7. The van der Waals surface area contributed by atoms with Crippen molar-refractivity contribution < 1.29 is 14.1 Å². The van der Waals surface area contributed by atoms with E-state index in [2.05, 4.69) is 0 Å². The lowest BCUT2D eigenvalue weighted by Crippen LogP contribution is -2.32. The Morgan fingerprint density at radius 1 is 1.21 bits per heavy atom. The fraction of sp³-hybridized carbons (Fsp3) is 0.235. The molecule has 2 rings (SSSR count). The van der Waals surface area contributed by atoms with E-state index in [-0.39, 0.29) is 22.7 Å². The first kappa shape index (κ1) is 17.9. The number of benzene rings is 2. The van der Waals surface area contributed by atoms with Crippen LogP contribution in [-0.2, 0) is 11.3 Å². The third kappa shape index (κ3) is 4.79. The standard InChI is InChI=1S/C17H17FN2O3S/c1-12(24-16-9-7-15(8-10-16)20(22)23)17(21)19(2)11-13-3-5-14(18)6-4-13/h3-10,12H,11H2,1-2H3. The van der Waals surface area contributed by atoms with Crippen LogP contribution in [0.1, 0.15) is 12.5 Å². The van der Waals surface area contributed by atoms with Crippen molar-refractivity contribution in [3.8, 4) is 0 Å². The summed E-state index contributed by atoms with van der Waals surface area (Å²) in [5, 5.41) is 10.3. The van der Waals surface area contributed by atoms with Crippen LogP contribution >= 0.6 is 11.8 Å². The summed E-state index contributed by atoms with van der Waals surface area (Å²) in [5.41, 5.74) is 0.867. The van der Waals surface area contributed by atoms with Crippen molar-refractivity contribution in [2.24, 2.45) is 0 Å². The van der Waals surface area contributed by atoms with Crippen LogP contribution in [0.4, 0.5) is 10.1 Å². The van der Waals surface area contributed by atoms with Crippen LogP contribution in [0.15, 0.2) is 53.4 Å². The highest BCUT2D eigenvalue weighted by atomic mass is 32.2. The maximum Gasteiger partial charge on any atom is 0.269 e. The van der Waals surface area contributed by atoms with Crippen molar-refractivity contribution in [1.29, 1.82) is 0 Å². The molecule has 0 aliphatic rings. The van der Waals surface area contributed by atoms with Crippen LogP contribution in [0, 0.1) is 15.9 Å². The molecule has 1 unspecified atom stereocenters. The number of non-ortho nitro benzene ring substituents is 1. The summed E-state index contributed by atoms with van der Waals surface area (Å²) in [7, 11) is 1.69. The van der Waals surface area contributed by atoms with Gasteiger partial charge in [-0.15, -0.1) is 11.8 Å². The second-order valence-corrected chi connectivity index (χ2v) is 6.75. The first-order chi connectivity index (χ1) is 11.4. The number of hydrogen-bond acceptors (Lipinski definition) is 4. The molecule has 5 nitrogen and oxygen atoms in total. The van der Waals surface area contributed by atoms with Gasteiger partial charge in [-0.2, -0.15) is 0 Å². The summed E-state index contributed by atoms with van der Waals surface area (Å²) < 4.78 is 12.9. The highest BCUT2D eigenvalue weighted by molar-refractivity contribution is 8.00. The second-order valence-electron chi connectivity index (χ2n) is 5.33. The molecule has 2 aromatic rings. The third-order valence-electron chi connectivity index (χ3n) is 3.42. The molecule has 24 heavy (non-hydrogen) atoms. The quantitative estimate of drug-likeness (QED) is 0.452. The van der Waals surface area contributed by atoms with E-state index < -0.39 is 4.92 Å². The van der Waals surface area contributed by atoms with E-state index in [9.17, 15) is 19.3 Å². The molecule has 2 aromatic carbocycles. The molecule has 0 heterocycles. The number of nitro groups is 1. The van der Waals surface area contributed by atoms with Crippen LogP contribution in [0.2, 0.25) is 0 Å². The number of hydrogen-bond donors (Lipinski definition) is 0. The Bertz CT molecular complexity index is 720. The maximum absolute atomic E-state index is 12.9. The van der Waals surface area contributed by atoms with E-state index >= 15 is 0 Å². The molecule has 1 atom stereocenters. The summed E-state index contributed by atoms with van der Waals surface area (Å²) >= 11 is 1.34. The fourth-order valence-electron chi connectivity index (χ4n) is 2.15.